The molecule has 4 nitrogen and oxygen atoms in total. The van der Waals surface area contributed by atoms with E-state index in [4.69, 9.17) is 16.3 Å². The highest BCUT2D eigenvalue weighted by atomic mass is 35.5. The van der Waals surface area contributed by atoms with Crippen LogP contribution in [0.4, 0.5) is 0 Å². The zero-order chi connectivity index (χ0) is 14.2. The van der Waals surface area contributed by atoms with Gasteiger partial charge in [0, 0.05) is 0 Å². The number of fused-ring (bicyclic) bond motifs is 1. The molecule has 0 bridgehead atoms. The highest BCUT2D eigenvalue weighted by Gasteiger charge is 2.26. The molecule has 1 atom stereocenters. The van der Waals surface area contributed by atoms with E-state index in [1.165, 1.54) is 6.07 Å². The second-order valence-electron chi connectivity index (χ2n) is 4.50. The molecule has 106 valence electrons. The van der Waals surface area contributed by atoms with Gasteiger partial charge in [-0.3, -0.25) is 0 Å². The Bertz CT molecular complexity index is 727. The van der Waals surface area contributed by atoms with E-state index in [-0.39, 0.29) is 10.3 Å². The molecule has 3 rings (SSSR count). The number of hydrogen-bond donors (Lipinski definition) is 1. The summed E-state index contributed by atoms with van der Waals surface area (Å²) in [5.74, 6) is 0.821. The van der Waals surface area contributed by atoms with Crippen LogP contribution in [-0.2, 0) is 16.4 Å². The number of benzene rings is 1. The molecule has 0 saturated carbocycles. The average molecular weight is 330 g/mol. The topological polar surface area (TPSA) is 55.4 Å². The summed E-state index contributed by atoms with van der Waals surface area (Å²) in [7, 11) is -3.54. The van der Waals surface area contributed by atoms with E-state index in [0.717, 1.165) is 22.6 Å². The molecule has 0 saturated heterocycles. The molecule has 7 heteroatoms. The van der Waals surface area contributed by atoms with Crippen LogP contribution in [-0.4, -0.2) is 21.1 Å². The summed E-state index contributed by atoms with van der Waals surface area (Å²) in [5, 5.41) is 0. The van der Waals surface area contributed by atoms with Crippen molar-refractivity contribution in [2.24, 2.45) is 0 Å². The molecule has 1 N–H and O–H groups in total. The molecule has 2 heterocycles. The fraction of sp³-hybridized carbons (Fsp3) is 0.231. The van der Waals surface area contributed by atoms with Crippen molar-refractivity contribution in [3.63, 3.8) is 0 Å². The van der Waals surface area contributed by atoms with Crippen molar-refractivity contribution in [2.45, 2.75) is 16.7 Å². The van der Waals surface area contributed by atoms with Gasteiger partial charge in [0.05, 0.1) is 10.4 Å². The standard InChI is InChI=1S/C13H12ClNO3S2/c14-12-5-6-13(19-12)20(16,17)15-10-7-9-3-1-2-4-11(9)18-8-10/h1-6,10,15H,7-8H2/t10-/m0/s1. The largest absolute Gasteiger partial charge is 0.492 e. The Morgan fingerprint density at radius 3 is 2.80 bits per heavy atom. The number of ether oxygens (including phenoxy) is 1. The molecule has 1 aromatic carbocycles. The number of para-hydroxylation sites is 1. The van der Waals surface area contributed by atoms with E-state index in [1.54, 1.807) is 6.07 Å². The molecule has 0 fully saturated rings. The van der Waals surface area contributed by atoms with Gasteiger partial charge in [-0.05, 0) is 30.2 Å². The van der Waals surface area contributed by atoms with Gasteiger partial charge in [-0.2, -0.15) is 0 Å². The first-order chi connectivity index (χ1) is 9.54. The number of hydrogen-bond acceptors (Lipinski definition) is 4. The van der Waals surface area contributed by atoms with Gasteiger partial charge in [0.25, 0.3) is 0 Å². The number of rotatable bonds is 3. The lowest BCUT2D eigenvalue weighted by atomic mass is 10.0. The first-order valence-corrected chi connectivity index (χ1v) is 8.71. The SMILES string of the molecule is O=S(=O)(N[C@@H]1COc2ccccc2C1)c1ccc(Cl)s1. The Hall–Kier alpha value is -1.08. The molecular formula is C13H12ClNO3S2. The fourth-order valence-electron chi connectivity index (χ4n) is 2.12. The van der Waals surface area contributed by atoms with Crippen LogP contribution in [0.15, 0.2) is 40.6 Å². The predicted octanol–water partition coefficient (Wildman–Crippen LogP) is 2.68. The number of sulfonamides is 1. The van der Waals surface area contributed by atoms with Crippen molar-refractivity contribution in [1.29, 1.82) is 0 Å². The van der Waals surface area contributed by atoms with E-state index in [1.807, 2.05) is 24.3 Å². The average Bonchev–Trinajstić information content (AvgIpc) is 2.86. The van der Waals surface area contributed by atoms with Crippen LogP contribution in [0.25, 0.3) is 0 Å². The third kappa shape index (κ3) is 2.83. The van der Waals surface area contributed by atoms with E-state index in [9.17, 15) is 8.42 Å². The minimum absolute atomic E-state index is 0.223. The van der Waals surface area contributed by atoms with Gasteiger partial charge in [-0.1, -0.05) is 29.8 Å². The van der Waals surface area contributed by atoms with Gasteiger partial charge in [-0.15, -0.1) is 11.3 Å². The molecule has 0 spiro atoms. The van der Waals surface area contributed by atoms with E-state index in [2.05, 4.69) is 4.72 Å². The first-order valence-electron chi connectivity index (χ1n) is 6.03. The van der Waals surface area contributed by atoms with Gasteiger partial charge in [0.15, 0.2) is 0 Å². The van der Waals surface area contributed by atoms with Crippen molar-refractivity contribution < 1.29 is 13.2 Å². The monoisotopic (exact) mass is 329 g/mol. The minimum atomic E-state index is -3.54. The van der Waals surface area contributed by atoms with Crippen LogP contribution in [0.2, 0.25) is 4.34 Å². The molecule has 0 unspecified atom stereocenters. The van der Waals surface area contributed by atoms with Crippen molar-refractivity contribution in [3.05, 3.63) is 46.3 Å². The molecule has 0 aliphatic carbocycles. The summed E-state index contributed by atoms with van der Waals surface area (Å²) in [6.45, 7) is 0.329. The summed E-state index contributed by atoms with van der Waals surface area (Å²) >= 11 is 6.82. The fourth-order valence-corrected chi connectivity index (χ4v) is 4.84. The van der Waals surface area contributed by atoms with Crippen molar-refractivity contribution in [3.8, 4) is 5.75 Å². The third-order valence-corrected chi connectivity index (χ3v) is 6.26. The lowest BCUT2D eigenvalue weighted by molar-refractivity contribution is 0.254. The molecule has 0 amide bonds. The Balaban J connectivity index is 1.77. The third-order valence-electron chi connectivity index (χ3n) is 3.01. The van der Waals surface area contributed by atoms with Crippen molar-refractivity contribution in [1.82, 2.24) is 4.72 Å². The lowest BCUT2D eigenvalue weighted by Crippen LogP contribution is -2.42. The van der Waals surface area contributed by atoms with E-state index >= 15 is 0 Å². The normalized spacial score (nSPS) is 18.4. The second-order valence-corrected chi connectivity index (χ2v) is 8.16. The summed E-state index contributed by atoms with van der Waals surface area (Å²) in [6, 6.07) is 10.5. The van der Waals surface area contributed by atoms with Gasteiger partial charge < -0.3 is 4.74 Å². The summed E-state index contributed by atoms with van der Waals surface area (Å²) < 4.78 is 33.3. The Labute approximate surface area is 126 Å². The highest BCUT2D eigenvalue weighted by Crippen LogP contribution is 2.27. The van der Waals surface area contributed by atoms with Gasteiger partial charge in [0.2, 0.25) is 10.0 Å². The van der Waals surface area contributed by atoms with Crippen LogP contribution in [0.3, 0.4) is 0 Å². The second kappa shape index (κ2) is 5.37. The number of halogens is 1. The number of nitrogens with one attached hydrogen (secondary N) is 1. The molecule has 1 aliphatic rings. The van der Waals surface area contributed by atoms with Crippen LogP contribution >= 0.6 is 22.9 Å². The minimum Gasteiger partial charge on any atom is -0.492 e. The van der Waals surface area contributed by atoms with Crippen molar-refractivity contribution >= 4 is 33.0 Å². The molecular weight excluding hydrogens is 318 g/mol. The van der Waals surface area contributed by atoms with E-state index < -0.39 is 10.0 Å². The summed E-state index contributed by atoms with van der Waals surface area (Å²) in [6.07, 6.45) is 0.620. The van der Waals surface area contributed by atoms with Crippen LogP contribution in [0.1, 0.15) is 5.56 Å². The predicted molar refractivity (Wildman–Crippen MR) is 79.1 cm³/mol. The lowest BCUT2D eigenvalue weighted by Gasteiger charge is -2.25. The van der Waals surface area contributed by atoms with Gasteiger partial charge in [-0.25, -0.2) is 13.1 Å². The van der Waals surface area contributed by atoms with Crippen molar-refractivity contribution in [2.75, 3.05) is 6.61 Å². The maximum atomic E-state index is 12.2. The first kappa shape index (κ1) is 13.9. The molecule has 1 aliphatic heterocycles. The molecule has 0 radical (unpaired) electrons. The molecule has 20 heavy (non-hydrogen) atoms. The zero-order valence-electron chi connectivity index (χ0n) is 10.4. The number of thiophene rings is 1. The van der Waals surface area contributed by atoms with E-state index in [0.29, 0.717) is 17.4 Å². The summed E-state index contributed by atoms with van der Waals surface area (Å²) in [4.78, 5) is 0. The van der Waals surface area contributed by atoms with Crippen LogP contribution < -0.4 is 9.46 Å². The summed E-state index contributed by atoms with van der Waals surface area (Å²) in [5.41, 5.74) is 1.01. The van der Waals surface area contributed by atoms with Crippen LogP contribution in [0.5, 0.6) is 5.75 Å². The Morgan fingerprint density at radius 2 is 2.05 bits per heavy atom. The van der Waals surface area contributed by atoms with Gasteiger partial charge >= 0.3 is 0 Å². The zero-order valence-corrected chi connectivity index (χ0v) is 12.8. The molecule has 2 aromatic rings. The van der Waals surface area contributed by atoms with Gasteiger partial charge in [0.1, 0.15) is 16.6 Å². The highest BCUT2D eigenvalue weighted by molar-refractivity contribution is 7.91. The molecule has 1 aromatic heterocycles. The smallest absolute Gasteiger partial charge is 0.250 e. The van der Waals surface area contributed by atoms with Crippen LogP contribution in [0, 0.1) is 0 Å². The quantitative estimate of drug-likeness (QED) is 0.942. The maximum Gasteiger partial charge on any atom is 0.250 e. The Morgan fingerprint density at radius 1 is 1.25 bits per heavy atom. The maximum absolute atomic E-state index is 12.2. The Kier molecular flexibility index (Phi) is 3.72.